The highest BCUT2D eigenvalue weighted by Gasteiger charge is 2.22. The molecule has 0 saturated carbocycles. The number of hydrogen-bond donors (Lipinski definition) is 0. The minimum absolute atomic E-state index is 0.255. The lowest BCUT2D eigenvalue weighted by atomic mass is 9.95. The molecule has 21 heavy (non-hydrogen) atoms. The van der Waals surface area contributed by atoms with E-state index in [0.29, 0.717) is 5.56 Å². The minimum atomic E-state index is -2.51. The molecule has 110 valence electrons. The largest absolute Gasteiger partial charge is 0.313 e. The second-order valence-corrected chi connectivity index (χ2v) is 7.14. The maximum absolute atomic E-state index is 12.8. The Morgan fingerprint density at radius 3 is 1.67 bits per heavy atom. The van der Waals surface area contributed by atoms with Gasteiger partial charge in [0.15, 0.2) is 7.80 Å². The summed E-state index contributed by atoms with van der Waals surface area (Å²) in [5.41, 5.74) is 5.73. The monoisotopic (exact) mass is 300 g/mol. The molecule has 0 aromatic heterocycles. The van der Waals surface area contributed by atoms with Gasteiger partial charge in [-0.05, 0) is 62.4 Å². The van der Waals surface area contributed by atoms with Crippen LogP contribution in [0.4, 0.5) is 0 Å². The molecule has 0 saturated heterocycles. The Hall–Kier alpha value is -1.66. The molecule has 0 radical (unpaired) electrons. The Bertz CT molecular complexity index is 702. The van der Waals surface area contributed by atoms with Crippen LogP contribution in [-0.4, -0.2) is 5.52 Å². The van der Waals surface area contributed by atoms with Crippen molar-refractivity contribution in [2.24, 2.45) is 0 Å². The van der Waals surface area contributed by atoms with Crippen LogP contribution in [0.15, 0.2) is 30.3 Å². The molecule has 0 bridgehead atoms. The molecule has 2 nitrogen and oxygen atoms in total. The van der Waals surface area contributed by atoms with Gasteiger partial charge in [0.25, 0.3) is 0 Å². The lowest BCUT2D eigenvalue weighted by Crippen LogP contribution is -2.16. The first-order valence-electron chi connectivity index (χ1n) is 7.07. The first kappa shape index (κ1) is 15.7. The number of carbonyl (C=O) groups is 1. The third-order valence-corrected chi connectivity index (χ3v) is 6.37. The average Bonchev–Trinajstić information content (AvgIpc) is 2.51. The maximum Gasteiger partial charge on any atom is 0.222 e. The molecule has 0 aliphatic rings. The third kappa shape index (κ3) is 2.73. The predicted octanol–water partition coefficient (Wildman–Crippen LogP) is 4.25. The lowest BCUT2D eigenvalue weighted by molar-refractivity contribution is 0.108. The molecule has 1 unspecified atom stereocenters. The van der Waals surface area contributed by atoms with Gasteiger partial charge in [0, 0.05) is 10.9 Å². The summed E-state index contributed by atoms with van der Waals surface area (Å²) in [7, 11) is -2.51. The Kier molecular flexibility index (Phi) is 4.49. The fraction of sp³-hybridized carbons (Fsp3) is 0.278. The van der Waals surface area contributed by atoms with Gasteiger partial charge in [-0.2, -0.15) is 0 Å². The molecule has 0 amide bonds. The standard InChI is InChI=1S/C18H21O2P/c1-11-12(2)14(4)17(15(5)13(11)3)21(20)18(19)16-9-7-6-8-10-16/h6-10,21H,1-5H3. The molecule has 0 heterocycles. The molecular weight excluding hydrogens is 279 g/mol. The summed E-state index contributed by atoms with van der Waals surface area (Å²) < 4.78 is 12.8. The molecule has 0 fully saturated rings. The normalized spacial score (nSPS) is 12.2. The summed E-state index contributed by atoms with van der Waals surface area (Å²) in [6.07, 6.45) is 0. The molecule has 3 heteroatoms. The topological polar surface area (TPSA) is 34.1 Å². The summed E-state index contributed by atoms with van der Waals surface area (Å²) in [5, 5.41) is 0.745. The summed E-state index contributed by atoms with van der Waals surface area (Å²) in [6, 6.07) is 8.90. The zero-order chi connectivity index (χ0) is 15.7. The van der Waals surface area contributed by atoms with Crippen LogP contribution in [0.5, 0.6) is 0 Å². The molecular formula is C18H21O2P. The van der Waals surface area contributed by atoms with E-state index in [1.54, 1.807) is 24.3 Å². The van der Waals surface area contributed by atoms with Gasteiger partial charge in [-0.25, -0.2) is 0 Å². The number of benzene rings is 2. The lowest BCUT2D eigenvalue weighted by Gasteiger charge is -2.18. The van der Waals surface area contributed by atoms with E-state index in [4.69, 9.17) is 0 Å². The van der Waals surface area contributed by atoms with Gasteiger partial charge in [-0.1, -0.05) is 30.3 Å². The van der Waals surface area contributed by atoms with E-state index in [9.17, 15) is 9.36 Å². The molecule has 2 rings (SSSR count). The van der Waals surface area contributed by atoms with Crippen LogP contribution in [-0.2, 0) is 4.57 Å². The molecule has 0 spiro atoms. The first-order chi connectivity index (χ1) is 9.86. The highest BCUT2D eigenvalue weighted by Crippen LogP contribution is 2.32. The quantitative estimate of drug-likeness (QED) is 0.794. The zero-order valence-electron chi connectivity index (χ0n) is 13.2. The van der Waals surface area contributed by atoms with E-state index in [1.807, 2.05) is 33.8 Å². The molecule has 0 N–H and O–H groups in total. The van der Waals surface area contributed by atoms with E-state index in [2.05, 4.69) is 6.92 Å². The summed E-state index contributed by atoms with van der Waals surface area (Å²) in [4.78, 5) is 12.5. The zero-order valence-corrected chi connectivity index (χ0v) is 14.2. The number of carbonyl (C=O) groups excluding carboxylic acids is 1. The Labute approximate surface area is 127 Å². The summed E-state index contributed by atoms with van der Waals surface area (Å²) >= 11 is 0. The predicted molar refractivity (Wildman–Crippen MR) is 89.5 cm³/mol. The van der Waals surface area contributed by atoms with Gasteiger partial charge in [0.2, 0.25) is 5.52 Å². The van der Waals surface area contributed by atoms with Gasteiger partial charge in [0.1, 0.15) is 0 Å². The third-order valence-electron chi connectivity index (χ3n) is 4.47. The van der Waals surface area contributed by atoms with Crippen molar-refractivity contribution < 1.29 is 9.36 Å². The average molecular weight is 300 g/mol. The highest BCUT2D eigenvalue weighted by atomic mass is 31.1. The van der Waals surface area contributed by atoms with E-state index >= 15 is 0 Å². The SMILES string of the molecule is Cc1c(C)c(C)c([PH](=O)C(=O)c2ccccc2)c(C)c1C. The van der Waals surface area contributed by atoms with Crippen molar-refractivity contribution in [2.75, 3.05) is 0 Å². The van der Waals surface area contributed by atoms with Crippen LogP contribution in [0.25, 0.3) is 0 Å². The number of rotatable bonds is 3. The molecule has 0 aliphatic carbocycles. The van der Waals surface area contributed by atoms with Crippen LogP contribution in [0, 0.1) is 34.6 Å². The van der Waals surface area contributed by atoms with Crippen molar-refractivity contribution in [1.82, 2.24) is 0 Å². The molecule has 1 atom stereocenters. The minimum Gasteiger partial charge on any atom is -0.313 e. The van der Waals surface area contributed by atoms with Crippen LogP contribution in [0.1, 0.15) is 38.2 Å². The van der Waals surface area contributed by atoms with Crippen LogP contribution in [0.3, 0.4) is 0 Å². The van der Waals surface area contributed by atoms with Crippen molar-refractivity contribution in [3.05, 3.63) is 63.7 Å². The Balaban J connectivity index is 2.58. The smallest absolute Gasteiger partial charge is 0.222 e. The summed E-state index contributed by atoms with van der Waals surface area (Å²) in [5.74, 6) is 0. The van der Waals surface area contributed by atoms with Crippen molar-refractivity contribution in [3.63, 3.8) is 0 Å². The number of hydrogen-bond acceptors (Lipinski definition) is 2. The van der Waals surface area contributed by atoms with Crippen molar-refractivity contribution in [2.45, 2.75) is 34.6 Å². The second-order valence-electron chi connectivity index (χ2n) is 5.52. The molecule has 0 aliphatic heterocycles. The van der Waals surface area contributed by atoms with E-state index < -0.39 is 7.80 Å². The molecule has 2 aromatic carbocycles. The van der Waals surface area contributed by atoms with Gasteiger partial charge in [0.05, 0.1) is 0 Å². The highest BCUT2D eigenvalue weighted by molar-refractivity contribution is 7.71. The van der Waals surface area contributed by atoms with E-state index in [0.717, 1.165) is 27.6 Å². The second kappa shape index (κ2) is 5.99. The summed E-state index contributed by atoms with van der Waals surface area (Å²) in [6.45, 7) is 10.1. The van der Waals surface area contributed by atoms with Crippen LogP contribution >= 0.6 is 7.80 Å². The fourth-order valence-electron chi connectivity index (χ4n) is 2.67. The molecule has 2 aromatic rings. The maximum atomic E-state index is 12.8. The van der Waals surface area contributed by atoms with Crippen LogP contribution in [0.2, 0.25) is 0 Å². The Morgan fingerprint density at radius 2 is 1.19 bits per heavy atom. The van der Waals surface area contributed by atoms with E-state index in [-0.39, 0.29) is 5.52 Å². The van der Waals surface area contributed by atoms with Gasteiger partial charge in [-0.3, -0.25) is 4.79 Å². The van der Waals surface area contributed by atoms with Gasteiger partial charge in [-0.15, -0.1) is 0 Å². The first-order valence-corrected chi connectivity index (χ1v) is 8.48. The van der Waals surface area contributed by atoms with Crippen molar-refractivity contribution >= 4 is 18.6 Å². The van der Waals surface area contributed by atoms with Crippen molar-refractivity contribution in [1.29, 1.82) is 0 Å². The fourth-order valence-corrected chi connectivity index (χ4v) is 4.39. The Morgan fingerprint density at radius 1 is 0.762 bits per heavy atom. The van der Waals surface area contributed by atoms with Gasteiger partial charge >= 0.3 is 0 Å². The van der Waals surface area contributed by atoms with Gasteiger partial charge < -0.3 is 4.57 Å². The van der Waals surface area contributed by atoms with Crippen molar-refractivity contribution in [3.8, 4) is 0 Å². The van der Waals surface area contributed by atoms with E-state index in [1.165, 1.54) is 5.56 Å². The van der Waals surface area contributed by atoms with Crippen LogP contribution < -0.4 is 5.30 Å².